The van der Waals surface area contributed by atoms with Crippen LogP contribution in [0.1, 0.15) is 45.5 Å². The molecule has 2 amide bonds. The maximum atomic E-state index is 12.6. The van der Waals surface area contributed by atoms with Crippen LogP contribution >= 0.6 is 0 Å². The lowest BCUT2D eigenvalue weighted by Gasteiger charge is -2.26. The topological polar surface area (TPSA) is 98.0 Å². The van der Waals surface area contributed by atoms with Crippen molar-refractivity contribution in [1.82, 2.24) is 25.0 Å². The fraction of sp³-hybridized carbons (Fsp3) is 0.412. The largest absolute Gasteiger partial charge is 0.355 e. The number of amides is 2. The Morgan fingerprint density at radius 3 is 2.60 bits per heavy atom. The Labute approximate surface area is 144 Å². The molecular weight excluding hydrogens is 322 g/mol. The van der Waals surface area contributed by atoms with Crippen molar-refractivity contribution < 1.29 is 9.59 Å². The first-order chi connectivity index (χ1) is 12.0. The van der Waals surface area contributed by atoms with Gasteiger partial charge in [0, 0.05) is 38.1 Å². The van der Waals surface area contributed by atoms with Crippen LogP contribution in [0.2, 0.25) is 0 Å². The van der Waals surface area contributed by atoms with Gasteiger partial charge in [-0.25, -0.2) is 0 Å². The first-order valence-corrected chi connectivity index (χ1v) is 8.23. The van der Waals surface area contributed by atoms with Crippen molar-refractivity contribution in [3.63, 3.8) is 0 Å². The molecule has 25 heavy (non-hydrogen) atoms. The number of rotatable bonds is 5. The summed E-state index contributed by atoms with van der Waals surface area (Å²) in [7, 11) is 3.24. The van der Waals surface area contributed by atoms with Crippen LogP contribution in [-0.4, -0.2) is 39.3 Å². The Balaban J connectivity index is 1.96. The molecule has 2 heterocycles. The van der Waals surface area contributed by atoms with E-state index in [-0.39, 0.29) is 24.1 Å². The lowest BCUT2D eigenvalue weighted by molar-refractivity contribution is 0.0916. The van der Waals surface area contributed by atoms with E-state index in [0.29, 0.717) is 5.56 Å². The smallest absolute Gasteiger partial charge is 0.263 e. The molecule has 0 radical (unpaired) electrons. The summed E-state index contributed by atoms with van der Waals surface area (Å²) in [5, 5.41) is 9.45. The highest BCUT2D eigenvalue weighted by atomic mass is 16.2. The molecule has 8 heteroatoms. The maximum absolute atomic E-state index is 12.6. The third-order valence-electron chi connectivity index (χ3n) is 4.37. The fourth-order valence-corrected chi connectivity index (χ4v) is 2.75. The zero-order chi connectivity index (χ0) is 18.0. The second kappa shape index (κ2) is 6.92. The van der Waals surface area contributed by atoms with Gasteiger partial charge in [-0.2, -0.15) is 5.10 Å². The normalized spacial score (nSPS) is 14.0. The van der Waals surface area contributed by atoms with Crippen molar-refractivity contribution in [2.45, 2.75) is 31.8 Å². The summed E-state index contributed by atoms with van der Waals surface area (Å²) >= 11 is 0. The molecule has 8 nitrogen and oxygen atoms in total. The standard InChI is InChI=1S/C17H21N5O3/c1-18-16(24)14-6-12(15(23)20-13-4-3-5-13)10-22(17(14)25)9-11-7-19-21(2)8-11/h6-8,10,13H,3-5,9H2,1-2H3,(H,18,24)(H,20,23). The summed E-state index contributed by atoms with van der Waals surface area (Å²) in [5.41, 5.74) is 0.619. The highest BCUT2D eigenvalue weighted by molar-refractivity contribution is 5.99. The van der Waals surface area contributed by atoms with Crippen LogP contribution in [0.4, 0.5) is 0 Å². The molecule has 1 saturated carbocycles. The molecule has 2 N–H and O–H groups in total. The average Bonchev–Trinajstić information content (AvgIpc) is 2.96. The zero-order valence-corrected chi connectivity index (χ0v) is 14.3. The second-order valence-corrected chi connectivity index (χ2v) is 6.28. The molecular formula is C17H21N5O3. The number of hydrogen-bond donors (Lipinski definition) is 2. The molecule has 1 fully saturated rings. The van der Waals surface area contributed by atoms with E-state index in [9.17, 15) is 14.4 Å². The van der Waals surface area contributed by atoms with Crippen molar-refractivity contribution in [2.24, 2.45) is 7.05 Å². The van der Waals surface area contributed by atoms with Crippen molar-refractivity contribution in [3.8, 4) is 0 Å². The van der Waals surface area contributed by atoms with E-state index < -0.39 is 11.5 Å². The quantitative estimate of drug-likeness (QED) is 0.814. The number of nitrogens with zero attached hydrogens (tertiary/aromatic N) is 3. The molecule has 0 aromatic carbocycles. The molecule has 0 atom stereocenters. The summed E-state index contributed by atoms with van der Waals surface area (Å²) in [6.07, 6.45) is 7.96. The van der Waals surface area contributed by atoms with Crippen LogP contribution in [0.5, 0.6) is 0 Å². The first-order valence-electron chi connectivity index (χ1n) is 8.23. The number of pyridine rings is 1. The van der Waals surface area contributed by atoms with E-state index in [1.165, 1.54) is 23.9 Å². The SMILES string of the molecule is CNC(=O)c1cc(C(=O)NC2CCC2)cn(Cc2cnn(C)c2)c1=O. The van der Waals surface area contributed by atoms with Gasteiger partial charge in [-0.15, -0.1) is 0 Å². The van der Waals surface area contributed by atoms with Gasteiger partial charge in [0.1, 0.15) is 5.56 Å². The van der Waals surface area contributed by atoms with Gasteiger partial charge < -0.3 is 15.2 Å². The lowest BCUT2D eigenvalue weighted by atomic mass is 9.93. The Kier molecular flexibility index (Phi) is 4.69. The highest BCUT2D eigenvalue weighted by Crippen LogP contribution is 2.18. The van der Waals surface area contributed by atoms with Crippen molar-refractivity contribution in [1.29, 1.82) is 0 Å². The molecule has 0 aliphatic heterocycles. The van der Waals surface area contributed by atoms with Crippen LogP contribution in [0.25, 0.3) is 0 Å². The van der Waals surface area contributed by atoms with Gasteiger partial charge in [0.2, 0.25) is 0 Å². The van der Waals surface area contributed by atoms with Crippen LogP contribution in [0.3, 0.4) is 0 Å². The predicted molar refractivity (Wildman–Crippen MR) is 91.5 cm³/mol. The van der Waals surface area contributed by atoms with Crippen LogP contribution < -0.4 is 16.2 Å². The minimum absolute atomic E-state index is 0.0485. The molecule has 1 aliphatic carbocycles. The van der Waals surface area contributed by atoms with E-state index in [0.717, 1.165) is 24.8 Å². The van der Waals surface area contributed by atoms with Crippen LogP contribution in [-0.2, 0) is 13.6 Å². The molecule has 3 rings (SSSR count). The molecule has 1 aliphatic rings. The number of hydrogen-bond acceptors (Lipinski definition) is 4. The number of nitrogens with one attached hydrogen (secondary N) is 2. The van der Waals surface area contributed by atoms with E-state index in [1.54, 1.807) is 24.1 Å². The third kappa shape index (κ3) is 3.62. The first kappa shape index (κ1) is 16.9. The Morgan fingerprint density at radius 2 is 2.04 bits per heavy atom. The van der Waals surface area contributed by atoms with E-state index >= 15 is 0 Å². The van der Waals surface area contributed by atoms with Crippen molar-refractivity contribution >= 4 is 11.8 Å². The lowest BCUT2D eigenvalue weighted by Crippen LogP contribution is -2.40. The van der Waals surface area contributed by atoms with E-state index in [4.69, 9.17) is 0 Å². The van der Waals surface area contributed by atoms with Crippen LogP contribution in [0.15, 0.2) is 29.5 Å². The fourth-order valence-electron chi connectivity index (χ4n) is 2.75. The Morgan fingerprint density at radius 1 is 1.28 bits per heavy atom. The molecule has 0 unspecified atom stereocenters. The van der Waals surface area contributed by atoms with Gasteiger partial charge in [-0.05, 0) is 25.3 Å². The maximum Gasteiger partial charge on any atom is 0.263 e. The second-order valence-electron chi connectivity index (χ2n) is 6.28. The van der Waals surface area contributed by atoms with Gasteiger partial charge >= 0.3 is 0 Å². The molecule has 0 bridgehead atoms. The molecule has 2 aromatic rings. The van der Waals surface area contributed by atoms with Gasteiger partial charge in [0.05, 0.1) is 18.3 Å². The van der Waals surface area contributed by atoms with Gasteiger partial charge in [-0.1, -0.05) is 0 Å². The van der Waals surface area contributed by atoms with Crippen LogP contribution in [0, 0.1) is 0 Å². The molecule has 0 spiro atoms. The highest BCUT2D eigenvalue weighted by Gasteiger charge is 2.22. The minimum Gasteiger partial charge on any atom is -0.355 e. The van der Waals surface area contributed by atoms with Gasteiger partial charge in [-0.3, -0.25) is 19.1 Å². The molecule has 2 aromatic heterocycles. The third-order valence-corrected chi connectivity index (χ3v) is 4.37. The summed E-state index contributed by atoms with van der Waals surface area (Å²) in [5.74, 6) is -0.780. The Bertz CT molecular complexity index is 863. The van der Waals surface area contributed by atoms with E-state index in [1.807, 2.05) is 0 Å². The minimum atomic E-state index is -0.511. The summed E-state index contributed by atoms with van der Waals surface area (Å²) in [6, 6.07) is 1.53. The van der Waals surface area contributed by atoms with Gasteiger partial charge in [0.15, 0.2) is 0 Å². The molecule has 0 saturated heterocycles. The zero-order valence-electron chi connectivity index (χ0n) is 14.3. The predicted octanol–water partition coefficient (Wildman–Crippen LogP) is 0.272. The summed E-state index contributed by atoms with van der Waals surface area (Å²) < 4.78 is 3.00. The number of aryl methyl sites for hydroxylation is 1. The van der Waals surface area contributed by atoms with Crippen molar-refractivity contribution in [2.75, 3.05) is 7.05 Å². The van der Waals surface area contributed by atoms with Crippen molar-refractivity contribution in [3.05, 3.63) is 51.7 Å². The summed E-state index contributed by atoms with van der Waals surface area (Å²) in [6.45, 7) is 0.237. The number of carbonyl (C=O) groups is 2. The number of carbonyl (C=O) groups excluding carboxylic acids is 2. The van der Waals surface area contributed by atoms with Gasteiger partial charge in [0.25, 0.3) is 17.4 Å². The Hall–Kier alpha value is -2.90. The molecule has 132 valence electrons. The average molecular weight is 343 g/mol. The monoisotopic (exact) mass is 343 g/mol. The van der Waals surface area contributed by atoms with E-state index in [2.05, 4.69) is 15.7 Å². The summed E-state index contributed by atoms with van der Waals surface area (Å²) in [4.78, 5) is 37.1. The number of aromatic nitrogens is 3.